The fourth-order valence-corrected chi connectivity index (χ4v) is 4.44. The summed E-state index contributed by atoms with van der Waals surface area (Å²) >= 11 is 0. The molecule has 2 N–H and O–H groups in total. The fourth-order valence-electron chi connectivity index (χ4n) is 3.02. The zero-order valence-electron chi connectivity index (χ0n) is 16.4. The van der Waals surface area contributed by atoms with Crippen LogP contribution in [0.15, 0.2) is 53.4 Å². The Morgan fingerprint density at radius 2 is 1.79 bits per heavy atom. The maximum absolute atomic E-state index is 13.9. The zero-order valence-corrected chi connectivity index (χ0v) is 17.2. The van der Waals surface area contributed by atoms with Gasteiger partial charge in [0, 0.05) is 7.05 Å². The van der Waals surface area contributed by atoms with Gasteiger partial charge in [0.15, 0.2) is 0 Å². The van der Waals surface area contributed by atoms with Crippen LogP contribution < -0.4 is 10.0 Å². The molecule has 1 heterocycles. The standard InChI is InChI=1S/C20H23FN4O3S/c1-13(2)19(24-29(27,28)17-11-7-4-8-14(17)21)20(26)22-12-18-23-15-9-5-6-10-16(15)25(18)3/h4-11,13,19,24H,12H2,1-3H3,(H,22,26)/t19-/m0/s1. The summed E-state index contributed by atoms with van der Waals surface area (Å²) in [6, 6.07) is 11.6. The van der Waals surface area contributed by atoms with Gasteiger partial charge in [0.05, 0.1) is 17.6 Å². The number of halogens is 1. The summed E-state index contributed by atoms with van der Waals surface area (Å²) in [7, 11) is -2.35. The summed E-state index contributed by atoms with van der Waals surface area (Å²) < 4.78 is 43.2. The molecule has 9 heteroatoms. The van der Waals surface area contributed by atoms with Crippen LogP contribution in [-0.2, 0) is 28.4 Å². The summed E-state index contributed by atoms with van der Waals surface area (Å²) in [6.07, 6.45) is 0. The molecule has 0 bridgehead atoms. The van der Waals surface area contributed by atoms with Crippen LogP contribution in [0.1, 0.15) is 19.7 Å². The number of aromatic nitrogens is 2. The van der Waals surface area contributed by atoms with Crippen molar-refractivity contribution in [3.8, 4) is 0 Å². The Kier molecular flexibility index (Phi) is 5.99. The third-order valence-corrected chi connectivity index (χ3v) is 6.13. The quantitative estimate of drug-likeness (QED) is 0.616. The van der Waals surface area contributed by atoms with Crippen molar-refractivity contribution >= 4 is 27.0 Å². The molecule has 0 saturated heterocycles. The molecule has 7 nitrogen and oxygen atoms in total. The topological polar surface area (TPSA) is 93.1 Å². The first kappa shape index (κ1) is 20.9. The monoisotopic (exact) mass is 418 g/mol. The van der Waals surface area contributed by atoms with Gasteiger partial charge in [0.1, 0.15) is 22.6 Å². The maximum atomic E-state index is 13.9. The molecule has 2 aromatic carbocycles. The molecule has 0 spiro atoms. The van der Waals surface area contributed by atoms with Crippen LogP contribution in [0.2, 0.25) is 0 Å². The molecule has 154 valence electrons. The summed E-state index contributed by atoms with van der Waals surface area (Å²) in [6.45, 7) is 3.56. The van der Waals surface area contributed by atoms with Gasteiger partial charge in [-0.25, -0.2) is 17.8 Å². The van der Waals surface area contributed by atoms with Crippen molar-refractivity contribution in [2.75, 3.05) is 0 Å². The Hall–Kier alpha value is -2.78. The first-order valence-electron chi connectivity index (χ1n) is 9.15. The molecule has 0 aliphatic heterocycles. The van der Waals surface area contributed by atoms with Crippen molar-refractivity contribution < 1.29 is 17.6 Å². The molecule has 1 aromatic heterocycles. The normalized spacial score (nSPS) is 13.0. The molecule has 0 saturated carbocycles. The first-order valence-corrected chi connectivity index (χ1v) is 10.6. The second kappa shape index (κ2) is 8.30. The lowest BCUT2D eigenvalue weighted by Gasteiger charge is -2.21. The van der Waals surface area contributed by atoms with Gasteiger partial charge in [-0.05, 0) is 30.2 Å². The highest BCUT2D eigenvalue weighted by Gasteiger charge is 2.29. The molecule has 3 aromatic rings. The van der Waals surface area contributed by atoms with E-state index < -0.39 is 32.7 Å². The predicted octanol–water partition coefficient (Wildman–Crippen LogP) is 2.33. The molecule has 1 atom stereocenters. The number of carbonyl (C=O) groups is 1. The number of nitrogens with one attached hydrogen (secondary N) is 2. The minimum Gasteiger partial charge on any atom is -0.347 e. The minimum absolute atomic E-state index is 0.134. The molecule has 1 amide bonds. The van der Waals surface area contributed by atoms with E-state index in [0.717, 1.165) is 23.2 Å². The van der Waals surface area contributed by atoms with E-state index in [1.165, 1.54) is 12.1 Å². The Labute approximate surface area is 169 Å². The predicted molar refractivity (Wildman–Crippen MR) is 108 cm³/mol. The average molecular weight is 418 g/mol. The molecule has 0 aliphatic rings. The highest BCUT2D eigenvalue weighted by Crippen LogP contribution is 2.16. The molecule has 0 unspecified atom stereocenters. The number of rotatable bonds is 7. The van der Waals surface area contributed by atoms with Gasteiger partial charge < -0.3 is 9.88 Å². The zero-order chi connectivity index (χ0) is 21.2. The number of carbonyl (C=O) groups excluding carboxylic acids is 1. The number of aryl methyl sites for hydroxylation is 1. The Bertz CT molecular complexity index is 1140. The summed E-state index contributed by atoms with van der Waals surface area (Å²) in [5.74, 6) is -1.09. The van der Waals surface area contributed by atoms with Gasteiger partial charge in [-0.15, -0.1) is 0 Å². The molecular weight excluding hydrogens is 395 g/mol. The second-order valence-electron chi connectivity index (χ2n) is 7.07. The van der Waals surface area contributed by atoms with Gasteiger partial charge in [0.25, 0.3) is 0 Å². The number of imidazole rings is 1. The largest absolute Gasteiger partial charge is 0.347 e. The third-order valence-electron chi connectivity index (χ3n) is 4.66. The third kappa shape index (κ3) is 4.46. The number of benzene rings is 2. The summed E-state index contributed by atoms with van der Waals surface area (Å²) in [5, 5.41) is 2.73. The Morgan fingerprint density at radius 3 is 2.45 bits per heavy atom. The Morgan fingerprint density at radius 1 is 1.14 bits per heavy atom. The number of para-hydroxylation sites is 2. The number of nitrogens with zero attached hydrogens (tertiary/aromatic N) is 2. The van der Waals surface area contributed by atoms with Crippen molar-refractivity contribution in [1.29, 1.82) is 0 Å². The fraction of sp³-hybridized carbons (Fsp3) is 0.300. The van der Waals surface area contributed by atoms with Crippen LogP contribution in [-0.4, -0.2) is 29.9 Å². The van der Waals surface area contributed by atoms with Crippen LogP contribution in [0, 0.1) is 11.7 Å². The van der Waals surface area contributed by atoms with Crippen LogP contribution in [0.3, 0.4) is 0 Å². The van der Waals surface area contributed by atoms with Gasteiger partial charge in [-0.3, -0.25) is 4.79 Å². The molecule has 0 radical (unpaired) electrons. The Balaban J connectivity index is 1.76. The average Bonchev–Trinajstić information content (AvgIpc) is 3.00. The molecule has 3 rings (SSSR count). The van der Waals surface area contributed by atoms with Crippen molar-refractivity contribution in [1.82, 2.24) is 19.6 Å². The number of sulfonamides is 1. The van der Waals surface area contributed by atoms with E-state index in [0.29, 0.717) is 5.82 Å². The molecular formula is C20H23FN4O3S. The SMILES string of the molecule is CC(C)[C@H](NS(=O)(=O)c1ccccc1F)C(=O)NCc1nc2ccccc2n1C. The van der Waals surface area contributed by atoms with Crippen molar-refractivity contribution in [3.05, 3.63) is 60.2 Å². The highest BCUT2D eigenvalue weighted by molar-refractivity contribution is 7.89. The number of fused-ring (bicyclic) bond motifs is 1. The lowest BCUT2D eigenvalue weighted by atomic mass is 10.1. The van der Waals surface area contributed by atoms with Gasteiger partial charge in [-0.2, -0.15) is 4.72 Å². The van der Waals surface area contributed by atoms with E-state index in [4.69, 9.17) is 0 Å². The van der Waals surface area contributed by atoms with E-state index in [1.807, 2.05) is 35.9 Å². The van der Waals surface area contributed by atoms with Crippen LogP contribution in [0.5, 0.6) is 0 Å². The summed E-state index contributed by atoms with van der Waals surface area (Å²) in [4.78, 5) is 16.7. The first-order chi connectivity index (χ1) is 13.7. The molecule has 0 aliphatic carbocycles. The van der Waals surface area contributed by atoms with Gasteiger partial charge >= 0.3 is 0 Å². The van der Waals surface area contributed by atoms with E-state index >= 15 is 0 Å². The van der Waals surface area contributed by atoms with Crippen molar-refractivity contribution in [3.63, 3.8) is 0 Å². The smallest absolute Gasteiger partial charge is 0.244 e. The number of hydrogen-bond acceptors (Lipinski definition) is 4. The number of hydrogen-bond donors (Lipinski definition) is 2. The van der Waals surface area contributed by atoms with Crippen molar-refractivity contribution in [2.24, 2.45) is 13.0 Å². The lowest BCUT2D eigenvalue weighted by Crippen LogP contribution is -2.49. The van der Waals surface area contributed by atoms with Crippen LogP contribution in [0.25, 0.3) is 11.0 Å². The van der Waals surface area contributed by atoms with E-state index in [9.17, 15) is 17.6 Å². The molecule has 29 heavy (non-hydrogen) atoms. The van der Waals surface area contributed by atoms with Crippen LogP contribution in [0.4, 0.5) is 4.39 Å². The number of amides is 1. The minimum atomic E-state index is -4.20. The van der Waals surface area contributed by atoms with Crippen molar-refractivity contribution in [2.45, 2.75) is 31.3 Å². The molecule has 0 fully saturated rings. The van der Waals surface area contributed by atoms with Gasteiger partial charge in [-0.1, -0.05) is 38.1 Å². The van der Waals surface area contributed by atoms with E-state index in [2.05, 4.69) is 15.0 Å². The highest BCUT2D eigenvalue weighted by atomic mass is 32.2. The van der Waals surface area contributed by atoms with Gasteiger partial charge in [0.2, 0.25) is 15.9 Å². The maximum Gasteiger partial charge on any atom is 0.244 e. The second-order valence-corrected chi connectivity index (χ2v) is 8.75. The lowest BCUT2D eigenvalue weighted by molar-refractivity contribution is -0.123. The summed E-state index contributed by atoms with van der Waals surface area (Å²) in [5.41, 5.74) is 1.73. The van der Waals surface area contributed by atoms with E-state index in [1.54, 1.807) is 13.8 Å². The van der Waals surface area contributed by atoms with Crippen LogP contribution >= 0.6 is 0 Å². The van der Waals surface area contributed by atoms with E-state index in [-0.39, 0.29) is 12.5 Å².